The fourth-order valence-electron chi connectivity index (χ4n) is 1.14. The normalized spacial score (nSPS) is 14.4. The van der Waals surface area contributed by atoms with Gasteiger partial charge in [-0.15, -0.1) is 0 Å². The van der Waals surface area contributed by atoms with Crippen molar-refractivity contribution in [3.05, 3.63) is 0 Å². The molecule has 0 aliphatic carbocycles. The first-order valence-corrected chi connectivity index (χ1v) is 7.28. The smallest absolute Gasteiger partial charge is 0.205 e. The maximum atomic E-state index is 12.1. The van der Waals surface area contributed by atoms with E-state index in [1.54, 1.807) is 14.2 Å². The lowest BCUT2D eigenvalue weighted by Gasteiger charge is -2.19. The molecule has 0 radical (unpaired) electrons. The average molecular weight is 286 g/mol. The van der Waals surface area contributed by atoms with Gasteiger partial charge in [0.25, 0.3) is 0 Å². The summed E-state index contributed by atoms with van der Waals surface area (Å²) in [6, 6.07) is 0. The molecule has 0 aromatic heterocycles. The summed E-state index contributed by atoms with van der Waals surface area (Å²) in [5, 5.41) is 0. The predicted molar refractivity (Wildman–Crippen MR) is 82.1 cm³/mol. The van der Waals surface area contributed by atoms with E-state index in [0.717, 1.165) is 0 Å². The second-order valence-corrected chi connectivity index (χ2v) is 6.67. The molecule has 0 amide bonds. The van der Waals surface area contributed by atoms with E-state index >= 15 is 0 Å². The summed E-state index contributed by atoms with van der Waals surface area (Å²) in [5.74, 6) is 0.275. The monoisotopic (exact) mass is 286 g/mol. The van der Waals surface area contributed by atoms with E-state index in [1.807, 2.05) is 13.8 Å². The van der Waals surface area contributed by atoms with Gasteiger partial charge in [-0.05, 0) is 0 Å². The molecule has 18 heavy (non-hydrogen) atoms. The molecule has 0 aromatic rings. The molecule has 0 saturated heterocycles. The Bertz CT molecular complexity index is 197. The van der Waals surface area contributed by atoms with Gasteiger partial charge in [-0.25, -0.2) is 0 Å². The van der Waals surface area contributed by atoms with E-state index in [-0.39, 0.29) is 28.2 Å². The van der Waals surface area contributed by atoms with E-state index in [1.165, 1.54) is 0 Å². The molecule has 0 aliphatic rings. The van der Waals surface area contributed by atoms with Gasteiger partial charge >= 0.3 is 0 Å². The highest BCUT2D eigenvalue weighted by Crippen LogP contribution is 2.46. The molecule has 0 saturated carbocycles. The van der Waals surface area contributed by atoms with Gasteiger partial charge in [0.1, 0.15) is 0 Å². The lowest BCUT2D eigenvalue weighted by molar-refractivity contribution is 0.127. The predicted octanol–water partition coefficient (Wildman–Crippen LogP) is 4.14. The minimum Gasteiger partial charge on any atom is -0.384 e. The Morgan fingerprint density at radius 2 is 1.61 bits per heavy atom. The summed E-state index contributed by atoms with van der Waals surface area (Å²) >= 11 is 0. The zero-order valence-corrected chi connectivity index (χ0v) is 11.1. The summed E-state index contributed by atoms with van der Waals surface area (Å²) in [5.41, 5.74) is 0. The number of ether oxygens (including phenoxy) is 2. The molecule has 2 atom stereocenters. The van der Waals surface area contributed by atoms with Crippen molar-refractivity contribution >= 4 is 7.37 Å². The van der Waals surface area contributed by atoms with Crippen molar-refractivity contribution in [1.82, 2.24) is 0 Å². The van der Waals surface area contributed by atoms with Gasteiger partial charge in [0.05, 0.1) is 19.8 Å². The number of methoxy groups -OCH3 is 2. The maximum absolute atomic E-state index is 12.1. The van der Waals surface area contributed by atoms with Crippen LogP contribution in [-0.2, 0) is 18.6 Å². The standard InChI is InChI=1S/C10H23O4P.3CH4/c1-5-15(11,7-6-12-3)14-9-10(2)8-13-4;;;/h10H,5-9H2,1-4H3;3*1H4. The van der Waals surface area contributed by atoms with Crippen LogP contribution in [0.25, 0.3) is 0 Å². The molecule has 116 valence electrons. The highest BCUT2D eigenvalue weighted by atomic mass is 31.2. The summed E-state index contributed by atoms with van der Waals surface area (Å²) in [6.45, 7) is 5.51. The van der Waals surface area contributed by atoms with Crippen LogP contribution in [0.5, 0.6) is 0 Å². The Hall–Kier alpha value is 0.110. The summed E-state index contributed by atoms with van der Waals surface area (Å²) in [7, 11) is 0.783. The van der Waals surface area contributed by atoms with Crippen molar-refractivity contribution in [1.29, 1.82) is 0 Å². The lowest BCUT2D eigenvalue weighted by Crippen LogP contribution is -2.13. The van der Waals surface area contributed by atoms with Crippen LogP contribution in [-0.4, -0.2) is 46.4 Å². The molecular weight excluding hydrogens is 251 g/mol. The lowest BCUT2D eigenvalue weighted by atomic mass is 10.2. The van der Waals surface area contributed by atoms with Crippen LogP contribution in [0, 0.1) is 5.92 Å². The molecule has 0 spiro atoms. The van der Waals surface area contributed by atoms with Crippen molar-refractivity contribution in [2.75, 3.05) is 46.4 Å². The van der Waals surface area contributed by atoms with Crippen molar-refractivity contribution in [2.45, 2.75) is 36.1 Å². The Balaban J connectivity index is -0.000000327. The number of hydrogen-bond donors (Lipinski definition) is 0. The molecule has 5 heteroatoms. The van der Waals surface area contributed by atoms with Gasteiger partial charge in [0.15, 0.2) is 0 Å². The molecular formula is C13H35O4P. The van der Waals surface area contributed by atoms with Gasteiger partial charge in [0, 0.05) is 32.5 Å². The largest absolute Gasteiger partial charge is 0.384 e. The van der Waals surface area contributed by atoms with Gasteiger partial charge < -0.3 is 14.0 Å². The third-order valence-corrected chi connectivity index (χ3v) is 4.61. The topological polar surface area (TPSA) is 44.8 Å². The average Bonchev–Trinajstić information content (AvgIpc) is 2.24. The van der Waals surface area contributed by atoms with Crippen molar-refractivity contribution in [3.63, 3.8) is 0 Å². The Kier molecular flexibility index (Phi) is 22.4. The Morgan fingerprint density at radius 3 is 2.00 bits per heavy atom. The van der Waals surface area contributed by atoms with Gasteiger partial charge in [0.2, 0.25) is 7.37 Å². The van der Waals surface area contributed by atoms with E-state index in [9.17, 15) is 4.57 Å². The first-order valence-electron chi connectivity index (χ1n) is 5.28. The van der Waals surface area contributed by atoms with E-state index < -0.39 is 7.37 Å². The molecule has 0 aromatic carbocycles. The van der Waals surface area contributed by atoms with Crippen LogP contribution >= 0.6 is 7.37 Å². The number of hydrogen-bond acceptors (Lipinski definition) is 4. The van der Waals surface area contributed by atoms with Crippen LogP contribution in [0.3, 0.4) is 0 Å². The quantitative estimate of drug-likeness (QED) is 0.598. The molecule has 4 nitrogen and oxygen atoms in total. The van der Waals surface area contributed by atoms with Gasteiger partial charge in [-0.3, -0.25) is 4.57 Å². The fraction of sp³-hybridized carbons (Fsp3) is 1.00. The summed E-state index contributed by atoms with van der Waals surface area (Å²) in [4.78, 5) is 0. The zero-order valence-electron chi connectivity index (χ0n) is 10.2. The van der Waals surface area contributed by atoms with Crippen LogP contribution in [0.2, 0.25) is 0 Å². The molecule has 0 bridgehead atoms. The third kappa shape index (κ3) is 12.6. The maximum Gasteiger partial charge on any atom is 0.205 e. The van der Waals surface area contributed by atoms with E-state index in [4.69, 9.17) is 14.0 Å². The molecule has 0 heterocycles. The van der Waals surface area contributed by atoms with E-state index in [2.05, 4.69) is 0 Å². The minimum absolute atomic E-state index is 0. The fourth-order valence-corrected chi connectivity index (χ4v) is 2.75. The molecule has 0 N–H and O–H groups in total. The summed E-state index contributed by atoms with van der Waals surface area (Å²) in [6.07, 6.45) is 1.07. The highest BCUT2D eigenvalue weighted by Gasteiger charge is 2.21. The number of rotatable bonds is 9. The van der Waals surface area contributed by atoms with Crippen molar-refractivity contribution in [2.24, 2.45) is 5.92 Å². The van der Waals surface area contributed by atoms with Crippen molar-refractivity contribution in [3.8, 4) is 0 Å². The van der Waals surface area contributed by atoms with Gasteiger partial charge in [-0.1, -0.05) is 36.1 Å². The Labute approximate surface area is 115 Å². The molecule has 0 aliphatic heterocycles. The zero-order chi connectivity index (χ0) is 11.7. The summed E-state index contributed by atoms with van der Waals surface area (Å²) < 4.78 is 27.5. The molecule has 2 unspecified atom stereocenters. The first kappa shape index (κ1) is 26.6. The minimum atomic E-state index is -2.47. The van der Waals surface area contributed by atoms with Crippen LogP contribution in [0.1, 0.15) is 36.1 Å². The van der Waals surface area contributed by atoms with Crippen LogP contribution in [0.15, 0.2) is 0 Å². The second kappa shape index (κ2) is 15.2. The second-order valence-electron chi connectivity index (χ2n) is 3.70. The molecule has 0 rings (SSSR count). The SMILES string of the molecule is C.C.C.CCP(=O)(CCOC)OCC(C)COC. The molecule has 0 fully saturated rings. The van der Waals surface area contributed by atoms with Crippen LogP contribution in [0.4, 0.5) is 0 Å². The first-order chi connectivity index (χ1) is 7.08. The van der Waals surface area contributed by atoms with Crippen molar-refractivity contribution < 1.29 is 18.6 Å². The van der Waals surface area contributed by atoms with Crippen LogP contribution < -0.4 is 0 Å². The Morgan fingerprint density at radius 1 is 1.06 bits per heavy atom. The highest BCUT2D eigenvalue weighted by molar-refractivity contribution is 7.58. The van der Waals surface area contributed by atoms with E-state index in [0.29, 0.717) is 32.1 Å². The third-order valence-electron chi connectivity index (χ3n) is 2.16. The van der Waals surface area contributed by atoms with Gasteiger partial charge in [-0.2, -0.15) is 0 Å².